The normalized spacial score (nSPS) is 25.4. The van der Waals surface area contributed by atoms with E-state index in [4.69, 9.17) is 4.74 Å². The van der Waals surface area contributed by atoms with E-state index in [1.807, 2.05) is 0 Å². The monoisotopic (exact) mass is 278 g/mol. The van der Waals surface area contributed by atoms with Crippen molar-refractivity contribution >= 4 is 11.8 Å². The van der Waals surface area contributed by atoms with Crippen LogP contribution >= 0.6 is 11.8 Å². The van der Waals surface area contributed by atoms with Crippen LogP contribution in [0.3, 0.4) is 0 Å². The first-order valence-electron chi connectivity index (χ1n) is 5.23. The molecule has 0 amide bonds. The summed E-state index contributed by atoms with van der Waals surface area (Å²) in [5.41, 5.74) is 0.506. The fourth-order valence-electron chi connectivity index (χ4n) is 1.68. The smallest absolute Gasteiger partial charge is 0.355 e. The van der Waals surface area contributed by atoms with E-state index in [1.54, 1.807) is 30.3 Å². The van der Waals surface area contributed by atoms with E-state index in [9.17, 15) is 17.6 Å². The maximum Gasteiger partial charge on any atom is 0.442 e. The van der Waals surface area contributed by atoms with Crippen molar-refractivity contribution in [2.75, 3.05) is 12.4 Å². The highest BCUT2D eigenvalue weighted by atomic mass is 32.2. The highest BCUT2D eigenvalue weighted by molar-refractivity contribution is 8.00. The van der Waals surface area contributed by atoms with Gasteiger partial charge >= 0.3 is 6.18 Å². The molecule has 0 bridgehead atoms. The Morgan fingerprint density at radius 2 is 1.94 bits per heavy atom. The van der Waals surface area contributed by atoms with Crippen LogP contribution in [-0.2, 0) is 9.67 Å². The molecular weight excluding hydrogens is 268 g/mol. The molecule has 1 unspecified atom stereocenters. The number of halogens is 4. The van der Waals surface area contributed by atoms with E-state index in [0.29, 0.717) is 24.0 Å². The second-order valence-electron chi connectivity index (χ2n) is 3.72. The molecule has 98 valence electrons. The van der Waals surface area contributed by atoms with Gasteiger partial charge in [0.25, 0.3) is 0 Å². The molecule has 2 rings (SSSR count). The highest BCUT2D eigenvalue weighted by Crippen LogP contribution is 2.45. The van der Waals surface area contributed by atoms with Gasteiger partial charge in [0.15, 0.2) is 4.93 Å². The van der Waals surface area contributed by atoms with Gasteiger partial charge < -0.3 is 4.74 Å². The van der Waals surface area contributed by atoms with Crippen LogP contribution in [-0.4, -0.2) is 18.5 Å². The number of allylic oxidation sites excluding steroid dienone is 1. The Morgan fingerprint density at radius 1 is 1.28 bits per heavy atom. The number of rotatable bonds is 2. The topological polar surface area (TPSA) is 9.23 Å². The van der Waals surface area contributed by atoms with E-state index in [2.05, 4.69) is 0 Å². The van der Waals surface area contributed by atoms with Gasteiger partial charge in [-0.2, -0.15) is 13.2 Å². The SMILES string of the molecule is F/C(=C\C1(c2ccccc2)OCCS1)C(F)(F)F. The van der Waals surface area contributed by atoms with Crippen molar-refractivity contribution in [3.63, 3.8) is 0 Å². The lowest BCUT2D eigenvalue weighted by Gasteiger charge is -2.24. The van der Waals surface area contributed by atoms with Crippen molar-refractivity contribution in [2.24, 2.45) is 0 Å². The van der Waals surface area contributed by atoms with Crippen molar-refractivity contribution in [3.05, 3.63) is 47.8 Å². The van der Waals surface area contributed by atoms with Crippen LogP contribution in [0.25, 0.3) is 0 Å². The Hall–Kier alpha value is -1.01. The molecule has 6 heteroatoms. The van der Waals surface area contributed by atoms with Gasteiger partial charge in [-0.1, -0.05) is 30.3 Å². The number of alkyl halides is 3. The second kappa shape index (κ2) is 4.93. The van der Waals surface area contributed by atoms with Crippen LogP contribution in [0.2, 0.25) is 0 Å². The summed E-state index contributed by atoms with van der Waals surface area (Å²) in [5.74, 6) is -1.60. The molecule has 1 aliphatic heterocycles. The lowest BCUT2D eigenvalue weighted by atomic mass is 10.1. The minimum atomic E-state index is -4.98. The predicted molar refractivity (Wildman–Crippen MR) is 61.8 cm³/mol. The number of ether oxygens (including phenoxy) is 1. The van der Waals surface area contributed by atoms with Gasteiger partial charge in [0, 0.05) is 11.8 Å². The minimum absolute atomic E-state index is 0.293. The average molecular weight is 278 g/mol. The molecule has 0 spiro atoms. The van der Waals surface area contributed by atoms with E-state index in [0.717, 1.165) is 11.8 Å². The summed E-state index contributed by atoms with van der Waals surface area (Å²) in [7, 11) is 0. The van der Waals surface area contributed by atoms with Gasteiger partial charge in [0.05, 0.1) is 6.61 Å². The Kier molecular flexibility index (Phi) is 3.68. The molecule has 1 aliphatic rings. The zero-order valence-electron chi connectivity index (χ0n) is 9.21. The molecule has 1 atom stereocenters. The minimum Gasteiger partial charge on any atom is -0.355 e. The Bertz CT molecular complexity index is 435. The number of hydrogen-bond donors (Lipinski definition) is 0. The van der Waals surface area contributed by atoms with E-state index < -0.39 is 16.9 Å². The molecule has 0 saturated carbocycles. The molecule has 0 N–H and O–H groups in total. The van der Waals surface area contributed by atoms with Crippen molar-refractivity contribution < 1.29 is 22.3 Å². The van der Waals surface area contributed by atoms with Crippen LogP contribution in [0, 0.1) is 0 Å². The summed E-state index contributed by atoms with van der Waals surface area (Å²) in [6, 6.07) is 8.34. The fourth-order valence-corrected chi connectivity index (χ4v) is 2.81. The van der Waals surface area contributed by atoms with Gasteiger partial charge in [-0.05, 0) is 5.56 Å². The first-order valence-corrected chi connectivity index (χ1v) is 6.22. The molecule has 1 heterocycles. The summed E-state index contributed by atoms with van der Waals surface area (Å²) in [4.78, 5) is -1.37. The number of benzene rings is 1. The summed E-state index contributed by atoms with van der Waals surface area (Å²) < 4.78 is 55.3. The van der Waals surface area contributed by atoms with Crippen LogP contribution in [0.1, 0.15) is 5.56 Å². The van der Waals surface area contributed by atoms with E-state index >= 15 is 0 Å². The zero-order valence-corrected chi connectivity index (χ0v) is 10.0. The van der Waals surface area contributed by atoms with Crippen LogP contribution in [0.15, 0.2) is 42.2 Å². The van der Waals surface area contributed by atoms with Gasteiger partial charge in [0.1, 0.15) is 0 Å². The highest BCUT2D eigenvalue weighted by Gasteiger charge is 2.42. The lowest BCUT2D eigenvalue weighted by molar-refractivity contribution is -0.110. The maximum atomic E-state index is 13.1. The number of hydrogen-bond acceptors (Lipinski definition) is 2. The van der Waals surface area contributed by atoms with Crippen LogP contribution < -0.4 is 0 Å². The van der Waals surface area contributed by atoms with Crippen molar-refractivity contribution in [2.45, 2.75) is 11.1 Å². The molecule has 0 aliphatic carbocycles. The van der Waals surface area contributed by atoms with Crippen LogP contribution in [0.5, 0.6) is 0 Å². The molecule has 18 heavy (non-hydrogen) atoms. The Morgan fingerprint density at radius 3 is 2.44 bits per heavy atom. The molecule has 0 aromatic heterocycles. The first-order chi connectivity index (χ1) is 8.44. The third kappa shape index (κ3) is 2.70. The number of thioether (sulfide) groups is 1. The van der Waals surface area contributed by atoms with E-state index in [1.165, 1.54) is 0 Å². The summed E-state index contributed by atoms with van der Waals surface area (Å²) >= 11 is 1.15. The molecule has 1 nitrogen and oxygen atoms in total. The molecular formula is C12H10F4OS. The molecule has 1 aromatic rings. The van der Waals surface area contributed by atoms with Crippen molar-refractivity contribution in [3.8, 4) is 0 Å². The summed E-state index contributed by atoms with van der Waals surface area (Å²) in [6.45, 7) is 0.293. The van der Waals surface area contributed by atoms with Gasteiger partial charge in [-0.15, -0.1) is 11.8 Å². The fraction of sp³-hybridized carbons (Fsp3) is 0.333. The first kappa shape index (κ1) is 13.4. The Labute approximate surface area is 106 Å². The lowest BCUT2D eigenvalue weighted by Crippen LogP contribution is -2.21. The molecule has 1 saturated heterocycles. The van der Waals surface area contributed by atoms with Gasteiger partial charge in [0.2, 0.25) is 5.83 Å². The van der Waals surface area contributed by atoms with Gasteiger partial charge in [-0.25, -0.2) is 4.39 Å². The van der Waals surface area contributed by atoms with Crippen LogP contribution in [0.4, 0.5) is 17.6 Å². The summed E-state index contributed by atoms with van der Waals surface area (Å²) in [5, 5.41) is 0. The maximum absolute atomic E-state index is 13.1. The Balaban J connectivity index is 2.40. The zero-order chi connectivity index (χ0) is 13.2. The quantitative estimate of drug-likeness (QED) is 0.756. The predicted octanol–water partition coefficient (Wildman–Crippen LogP) is 4.02. The molecule has 1 aromatic carbocycles. The van der Waals surface area contributed by atoms with Crippen molar-refractivity contribution in [1.82, 2.24) is 0 Å². The van der Waals surface area contributed by atoms with Gasteiger partial charge in [-0.3, -0.25) is 0 Å². The largest absolute Gasteiger partial charge is 0.442 e. The second-order valence-corrected chi connectivity index (χ2v) is 5.02. The molecule has 0 radical (unpaired) electrons. The molecule has 1 fully saturated rings. The van der Waals surface area contributed by atoms with E-state index in [-0.39, 0.29) is 0 Å². The standard InChI is InChI=1S/C12H10F4OS/c13-10(12(14,15)16)8-11(17-6-7-18-11)9-4-2-1-3-5-9/h1-5,8H,6-7H2/b10-8-. The third-order valence-electron chi connectivity index (χ3n) is 2.48. The summed E-state index contributed by atoms with van der Waals surface area (Å²) in [6.07, 6.45) is -4.46. The van der Waals surface area contributed by atoms with Crippen molar-refractivity contribution in [1.29, 1.82) is 0 Å². The third-order valence-corrected chi connectivity index (χ3v) is 3.75. The average Bonchev–Trinajstić information content (AvgIpc) is 2.79.